The average molecular weight is 537 g/mol. The number of nitrogens with zero attached hydrogens (tertiary/aromatic N) is 1. The van der Waals surface area contributed by atoms with Crippen LogP contribution in [0.2, 0.25) is 0 Å². The minimum absolute atomic E-state index is 0.128. The highest BCUT2D eigenvalue weighted by atomic mass is 16.5. The zero-order chi connectivity index (χ0) is 27.8. The highest BCUT2D eigenvalue weighted by Crippen LogP contribution is 2.21. The number of aliphatic carboxylic acids is 1. The quantitative estimate of drug-likeness (QED) is 0.454. The van der Waals surface area contributed by atoms with Crippen molar-refractivity contribution in [3.05, 3.63) is 65.7 Å². The van der Waals surface area contributed by atoms with E-state index in [-0.39, 0.29) is 43.3 Å². The van der Waals surface area contributed by atoms with Crippen molar-refractivity contribution >= 4 is 29.6 Å². The minimum Gasteiger partial charge on any atom is -0.493 e. The summed E-state index contributed by atoms with van der Waals surface area (Å²) in [7, 11) is 0. The van der Waals surface area contributed by atoms with Gasteiger partial charge in [-0.3, -0.25) is 19.2 Å². The second-order valence-corrected chi connectivity index (χ2v) is 9.55. The number of ether oxygens (including phenoxy) is 1. The van der Waals surface area contributed by atoms with Crippen LogP contribution in [0.5, 0.6) is 5.75 Å². The molecule has 0 spiro atoms. The summed E-state index contributed by atoms with van der Waals surface area (Å²) in [6.07, 6.45) is 1.09. The normalized spacial score (nSPS) is 23.2. The molecule has 1 saturated heterocycles. The number of hydrogen-bond acceptors (Lipinski definition) is 6. The van der Waals surface area contributed by atoms with Crippen LogP contribution in [0, 0.1) is 0 Å². The summed E-state index contributed by atoms with van der Waals surface area (Å²) in [5.74, 6) is -3.23. The molecule has 2 aromatic rings. The molecule has 0 aromatic heterocycles. The van der Waals surface area contributed by atoms with Crippen LogP contribution in [0.25, 0.3) is 0 Å². The lowest BCUT2D eigenvalue weighted by molar-refractivity contribution is -0.145. The molecule has 0 aliphatic carbocycles. The van der Waals surface area contributed by atoms with Crippen molar-refractivity contribution in [2.75, 3.05) is 19.7 Å². The molecule has 2 aliphatic heterocycles. The molecule has 2 heterocycles. The van der Waals surface area contributed by atoms with Crippen molar-refractivity contribution in [2.45, 2.75) is 50.2 Å². The summed E-state index contributed by atoms with van der Waals surface area (Å²) in [5.41, 5.74) is 0.988. The number of fused-ring (bicyclic) bond motifs is 2. The van der Waals surface area contributed by atoms with Crippen LogP contribution in [0.4, 0.5) is 0 Å². The molecule has 0 bridgehead atoms. The molecule has 11 heteroatoms. The summed E-state index contributed by atoms with van der Waals surface area (Å²) in [6.45, 7) is 0.713. The minimum atomic E-state index is -1.50. The molecule has 206 valence electrons. The molecular formula is C28H32N4O7. The van der Waals surface area contributed by atoms with E-state index in [1.165, 1.54) is 11.0 Å². The van der Waals surface area contributed by atoms with Crippen LogP contribution in [0.3, 0.4) is 0 Å². The van der Waals surface area contributed by atoms with Crippen LogP contribution in [-0.2, 0) is 25.6 Å². The lowest BCUT2D eigenvalue weighted by atomic mass is 10.0. The van der Waals surface area contributed by atoms with E-state index in [1.54, 1.807) is 18.2 Å². The Bertz CT molecular complexity index is 1220. The van der Waals surface area contributed by atoms with Gasteiger partial charge in [-0.1, -0.05) is 42.5 Å². The number of carbonyl (C=O) groups is 5. The van der Waals surface area contributed by atoms with Gasteiger partial charge in [-0.25, -0.2) is 4.79 Å². The van der Waals surface area contributed by atoms with Crippen LogP contribution < -0.4 is 20.7 Å². The van der Waals surface area contributed by atoms with Crippen molar-refractivity contribution in [3.63, 3.8) is 0 Å². The summed E-state index contributed by atoms with van der Waals surface area (Å²) < 4.78 is 5.75. The molecule has 0 saturated carbocycles. The molecule has 2 aliphatic rings. The van der Waals surface area contributed by atoms with Crippen LogP contribution in [0.15, 0.2) is 54.6 Å². The molecule has 1 fully saturated rings. The Labute approximate surface area is 225 Å². The van der Waals surface area contributed by atoms with Crippen molar-refractivity contribution in [1.29, 1.82) is 0 Å². The molecule has 0 unspecified atom stereocenters. The number of hydrogen-bond donors (Lipinski definition) is 4. The van der Waals surface area contributed by atoms with Gasteiger partial charge in [-0.15, -0.1) is 0 Å². The standard InChI is InChI=1S/C28H32N4O7/c33-24-17-21(28(37)38)31-25(34)19-10-4-5-12-23(19)39-15-7-13-29-26(35)20(16-18-8-2-1-3-9-18)30-27(36)22-11-6-14-32(22)24/h1-5,8-10,12,20-22H,6-7,11,13-17H2,(H,29,35)(H,30,36)(H,31,34)(H,37,38)/t20-,21-,22+/m0/s1. The number of amides is 4. The van der Waals surface area contributed by atoms with Gasteiger partial charge in [0, 0.05) is 19.5 Å². The van der Waals surface area contributed by atoms with Gasteiger partial charge in [0.05, 0.1) is 18.6 Å². The third kappa shape index (κ3) is 7.13. The van der Waals surface area contributed by atoms with Gasteiger partial charge in [0.25, 0.3) is 5.91 Å². The monoisotopic (exact) mass is 536 g/mol. The van der Waals surface area contributed by atoms with Crippen molar-refractivity contribution in [3.8, 4) is 5.75 Å². The Hall–Kier alpha value is -4.41. The number of para-hydroxylation sites is 1. The molecule has 4 amide bonds. The molecule has 4 rings (SSSR count). The first-order chi connectivity index (χ1) is 18.8. The predicted molar refractivity (Wildman–Crippen MR) is 140 cm³/mol. The van der Waals surface area contributed by atoms with Gasteiger partial charge in [-0.2, -0.15) is 0 Å². The highest BCUT2D eigenvalue weighted by molar-refractivity contribution is 6.00. The lowest BCUT2D eigenvalue weighted by Gasteiger charge is -2.27. The summed E-state index contributed by atoms with van der Waals surface area (Å²) >= 11 is 0. The van der Waals surface area contributed by atoms with Crippen molar-refractivity contribution < 1.29 is 33.8 Å². The van der Waals surface area contributed by atoms with Crippen LogP contribution >= 0.6 is 0 Å². The maximum atomic E-state index is 13.3. The number of rotatable bonds is 3. The van der Waals surface area contributed by atoms with Gasteiger partial charge in [-0.05, 0) is 37.0 Å². The molecule has 2 aromatic carbocycles. The Morgan fingerprint density at radius 3 is 2.46 bits per heavy atom. The maximum Gasteiger partial charge on any atom is 0.326 e. The van der Waals surface area contributed by atoms with Gasteiger partial charge >= 0.3 is 5.97 Å². The number of carboxylic acids is 1. The van der Waals surface area contributed by atoms with E-state index in [0.29, 0.717) is 19.3 Å². The van der Waals surface area contributed by atoms with Crippen molar-refractivity contribution in [2.24, 2.45) is 0 Å². The smallest absolute Gasteiger partial charge is 0.326 e. The summed E-state index contributed by atoms with van der Waals surface area (Å²) in [4.78, 5) is 65.8. The second kappa shape index (κ2) is 12.9. The SMILES string of the molecule is O=C1N[C@H](C(=O)O)CC(=O)N2CCC[C@@H]2C(=O)N[C@@H](Cc2ccccc2)C(=O)NCCCOc2ccccc21. The Morgan fingerprint density at radius 1 is 0.949 bits per heavy atom. The highest BCUT2D eigenvalue weighted by Gasteiger charge is 2.37. The van der Waals surface area contributed by atoms with Crippen molar-refractivity contribution in [1.82, 2.24) is 20.9 Å². The fraction of sp³-hybridized carbons (Fsp3) is 0.393. The van der Waals surface area contributed by atoms with Gasteiger partial charge < -0.3 is 30.7 Å². The largest absolute Gasteiger partial charge is 0.493 e. The fourth-order valence-electron chi connectivity index (χ4n) is 4.76. The van der Waals surface area contributed by atoms with Gasteiger partial charge in [0.2, 0.25) is 17.7 Å². The Balaban J connectivity index is 1.60. The van der Waals surface area contributed by atoms with E-state index < -0.39 is 48.2 Å². The Morgan fingerprint density at radius 2 is 1.69 bits per heavy atom. The topological polar surface area (TPSA) is 154 Å². The molecule has 0 radical (unpaired) electrons. The number of nitrogens with one attached hydrogen (secondary N) is 3. The van der Waals surface area contributed by atoms with Gasteiger partial charge in [0.1, 0.15) is 23.9 Å². The number of carboxylic acid groups (broad SMARTS) is 1. The van der Waals surface area contributed by atoms with Crippen LogP contribution in [-0.4, -0.2) is 77.4 Å². The zero-order valence-corrected chi connectivity index (χ0v) is 21.4. The number of carbonyl (C=O) groups excluding carboxylic acids is 4. The van der Waals surface area contributed by atoms with Gasteiger partial charge in [0.15, 0.2) is 0 Å². The Kier molecular flexibility index (Phi) is 9.14. The first kappa shape index (κ1) is 27.6. The molecular weight excluding hydrogens is 504 g/mol. The third-order valence-electron chi connectivity index (χ3n) is 6.78. The summed E-state index contributed by atoms with van der Waals surface area (Å²) in [6, 6.07) is 12.5. The molecule has 4 N–H and O–H groups in total. The first-order valence-corrected chi connectivity index (χ1v) is 13.0. The number of benzene rings is 2. The third-order valence-corrected chi connectivity index (χ3v) is 6.78. The zero-order valence-electron chi connectivity index (χ0n) is 21.4. The maximum absolute atomic E-state index is 13.3. The van der Waals surface area contributed by atoms with E-state index >= 15 is 0 Å². The van der Waals surface area contributed by atoms with E-state index in [0.717, 1.165) is 5.56 Å². The van der Waals surface area contributed by atoms with E-state index in [4.69, 9.17) is 4.74 Å². The van der Waals surface area contributed by atoms with E-state index in [9.17, 15) is 29.1 Å². The summed E-state index contributed by atoms with van der Waals surface area (Å²) in [5, 5.41) is 17.8. The average Bonchev–Trinajstić information content (AvgIpc) is 3.43. The second-order valence-electron chi connectivity index (χ2n) is 9.55. The lowest BCUT2D eigenvalue weighted by Crippen LogP contribution is -2.54. The van der Waals surface area contributed by atoms with E-state index in [1.807, 2.05) is 30.3 Å². The molecule has 3 atom stereocenters. The fourth-order valence-corrected chi connectivity index (χ4v) is 4.76. The first-order valence-electron chi connectivity index (χ1n) is 13.0. The van der Waals surface area contributed by atoms with Crippen LogP contribution in [0.1, 0.15) is 41.6 Å². The molecule has 11 nitrogen and oxygen atoms in total. The molecule has 39 heavy (non-hydrogen) atoms. The van der Waals surface area contributed by atoms with E-state index in [2.05, 4.69) is 16.0 Å². The predicted octanol–water partition coefficient (Wildman–Crippen LogP) is 0.877.